The normalized spacial score (nSPS) is 15.9. The number of nitrogens with two attached hydrogens (primary N) is 1. The zero-order valence-electron chi connectivity index (χ0n) is 13.1. The lowest BCUT2D eigenvalue weighted by Gasteiger charge is -2.28. The van der Waals surface area contributed by atoms with Crippen molar-refractivity contribution in [3.8, 4) is 0 Å². The Labute approximate surface area is 136 Å². The summed E-state index contributed by atoms with van der Waals surface area (Å²) in [5.74, 6) is -0.957. The van der Waals surface area contributed by atoms with Crippen molar-refractivity contribution in [1.82, 2.24) is 4.90 Å². The molecule has 4 heteroatoms. The van der Waals surface area contributed by atoms with E-state index in [1.165, 1.54) is 16.7 Å². The topological polar surface area (TPSA) is 66.6 Å². The van der Waals surface area contributed by atoms with Gasteiger partial charge in [0.1, 0.15) is 6.04 Å². The van der Waals surface area contributed by atoms with Crippen LogP contribution in [0.3, 0.4) is 0 Å². The molecule has 0 amide bonds. The molecule has 0 radical (unpaired) electrons. The number of fused-ring (bicyclic) bond motifs is 1. The van der Waals surface area contributed by atoms with Gasteiger partial charge >= 0.3 is 5.97 Å². The van der Waals surface area contributed by atoms with Gasteiger partial charge in [-0.05, 0) is 35.1 Å². The van der Waals surface area contributed by atoms with Crippen molar-refractivity contribution in [1.29, 1.82) is 0 Å². The molecule has 0 saturated carbocycles. The molecule has 1 heterocycles. The van der Waals surface area contributed by atoms with Crippen molar-refractivity contribution in [2.45, 2.75) is 32.0 Å². The summed E-state index contributed by atoms with van der Waals surface area (Å²) < 4.78 is 0. The van der Waals surface area contributed by atoms with E-state index in [0.29, 0.717) is 6.42 Å². The molecule has 1 aliphatic rings. The van der Waals surface area contributed by atoms with Crippen molar-refractivity contribution in [3.63, 3.8) is 0 Å². The zero-order chi connectivity index (χ0) is 16.2. The molecule has 2 aromatic rings. The predicted octanol–water partition coefficient (Wildman–Crippen LogP) is 2.20. The molecule has 3 N–H and O–H groups in total. The number of carbonyl (C=O) groups is 1. The smallest absolute Gasteiger partial charge is 0.320 e. The Hall–Kier alpha value is -2.17. The van der Waals surface area contributed by atoms with E-state index in [1.54, 1.807) is 0 Å². The van der Waals surface area contributed by atoms with E-state index in [9.17, 15) is 4.79 Å². The van der Waals surface area contributed by atoms with Gasteiger partial charge < -0.3 is 10.8 Å². The van der Waals surface area contributed by atoms with Crippen LogP contribution >= 0.6 is 0 Å². The van der Waals surface area contributed by atoms with Crippen LogP contribution in [-0.4, -0.2) is 28.6 Å². The highest BCUT2D eigenvalue weighted by atomic mass is 16.4. The average Bonchev–Trinajstić information content (AvgIpc) is 2.56. The SMILES string of the molecule is N[C@@H](Cc1ccc(CN2CCc3ccccc3C2)cc1)C(=O)O. The molecule has 2 aromatic carbocycles. The molecule has 0 fully saturated rings. The standard InChI is InChI=1S/C19H22N2O2/c20-18(19(22)23)11-14-5-7-15(8-6-14)12-21-10-9-16-3-1-2-4-17(16)13-21/h1-8,18H,9-13,20H2,(H,22,23)/t18-/m0/s1. The van der Waals surface area contributed by atoms with Gasteiger partial charge in [0.2, 0.25) is 0 Å². The highest BCUT2D eigenvalue weighted by molar-refractivity contribution is 5.73. The molecule has 4 nitrogen and oxygen atoms in total. The fourth-order valence-electron chi connectivity index (χ4n) is 3.07. The van der Waals surface area contributed by atoms with Crippen molar-refractivity contribution >= 4 is 5.97 Å². The summed E-state index contributed by atoms with van der Waals surface area (Å²) in [6, 6.07) is 15.9. The molecule has 120 valence electrons. The summed E-state index contributed by atoms with van der Waals surface area (Å²) in [7, 11) is 0. The minimum Gasteiger partial charge on any atom is -0.480 e. The molecule has 0 aliphatic carbocycles. The third kappa shape index (κ3) is 3.97. The third-order valence-corrected chi connectivity index (χ3v) is 4.41. The van der Waals surface area contributed by atoms with Gasteiger partial charge in [-0.2, -0.15) is 0 Å². The van der Waals surface area contributed by atoms with Crippen LogP contribution in [0.2, 0.25) is 0 Å². The van der Waals surface area contributed by atoms with E-state index in [1.807, 2.05) is 12.1 Å². The first-order valence-electron chi connectivity index (χ1n) is 7.97. The molecule has 0 saturated heterocycles. The van der Waals surface area contributed by atoms with E-state index < -0.39 is 12.0 Å². The Morgan fingerprint density at radius 1 is 1.09 bits per heavy atom. The van der Waals surface area contributed by atoms with Crippen LogP contribution in [0.15, 0.2) is 48.5 Å². The summed E-state index contributed by atoms with van der Waals surface area (Å²) in [6.07, 6.45) is 1.47. The number of hydrogen-bond acceptors (Lipinski definition) is 3. The van der Waals surface area contributed by atoms with Gasteiger partial charge in [0.05, 0.1) is 0 Å². The number of rotatable bonds is 5. The van der Waals surface area contributed by atoms with Crippen molar-refractivity contribution in [2.24, 2.45) is 5.73 Å². The molecule has 23 heavy (non-hydrogen) atoms. The van der Waals surface area contributed by atoms with E-state index in [-0.39, 0.29) is 0 Å². The summed E-state index contributed by atoms with van der Waals surface area (Å²) >= 11 is 0. The predicted molar refractivity (Wildman–Crippen MR) is 90.0 cm³/mol. The van der Waals surface area contributed by atoms with Crippen molar-refractivity contribution in [3.05, 3.63) is 70.8 Å². The zero-order valence-corrected chi connectivity index (χ0v) is 13.1. The van der Waals surface area contributed by atoms with Crippen molar-refractivity contribution < 1.29 is 9.90 Å². The fourth-order valence-corrected chi connectivity index (χ4v) is 3.07. The Bertz CT molecular complexity index is 682. The van der Waals surface area contributed by atoms with Crippen LogP contribution < -0.4 is 5.73 Å². The highest BCUT2D eigenvalue weighted by Gasteiger charge is 2.16. The molecular formula is C19H22N2O2. The van der Waals surface area contributed by atoms with Gasteiger partial charge in [0.25, 0.3) is 0 Å². The van der Waals surface area contributed by atoms with Crippen LogP contribution in [0.1, 0.15) is 22.3 Å². The summed E-state index contributed by atoms with van der Waals surface area (Å²) in [6.45, 7) is 2.98. The molecule has 0 bridgehead atoms. The number of carboxylic acid groups (broad SMARTS) is 1. The molecule has 0 aromatic heterocycles. The van der Waals surface area contributed by atoms with Crippen LogP contribution in [0.25, 0.3) is 0 Å². The lowest BCUT2D eigenvalue weighted by molar-refractivity contribution is -0.138. The van der Waals surface area contributed by atoms with Crippen molar-refractivity contribution in [2.75, 3.05) is 6.54 Å². The lowest BCUT2D eigenvalue weighted by atomic mass is 9.99. The molecule has 1 atom stereocenters. The second-order valence-electron chi connectivity index (χ2n) is 6.19. The first-order valence-corrected chi connectivity index (χ1v) is 7.97. The Balaban J connectivity index is 1.60. The quantitative estimate of drug-likeness (QED) is 0.888. The van der Waals surface area contributed by atoms with Crippen LogP contribution in [0.4, 0.5) is 0 Å². The van der Waals surface area contributed by atoms with E-state index in [2.05, 4.69) is 41.3 Å². The van der Waals surface area contributed by atoms with Gasteiger partial charge in [-0.3, -0.25) is 9.69 Å². The Morgan fingerprint density at radius 2 is 1.74 bits per heavy atom. The monoisotopic (exact) mass is 310 g/mol. The lowest BCUT2D eigenvalue weighted by Crippen LogP contribution is -2.32. The minimum absolute atomic E-state index is 0.368. The van der Waals surface area contributed by atoms with Gasteiger partial charge in [0.15, 0.2) is 0 Å². The number of hydrogen-bond donors (Lipinski definition) is 2. The molecule has 3 rings (SSSR count). The number of carboxylic acids is 1. The number of nitrogens with zero attached hydrogens (tertiary/aromatic N) is 1. The molecular weight excluding hydrogens is 288 g/mol. The largest absolute Gasteiger partial charge is 0.480 e. The van der Waals surface area contributed by atoms with E-state index >= 15 is 0 Å². The van der Waals surface area contributed by atoms with Crippen LogP contribution in [-0.2, 0) is 30.7 Å². The summed E-state index contributed by atoms with van der Waals surface area (Å²) in [5, 5.41) is 8.86. The molecule has 1 aliphatic heterocycles. The Morgan fingerprint density at radius 3 is 2.43 bits per heavy atom. The maximum atomic E-state index is 10.8. The van der Waals surface area contributed by atoms with E-state index in [0.717, 1.165) is 31.6 Å². The minimum atomic E-state index is -0.957. The Kier molecular flexibility index (Phi) is 4.74. The maximum absolute atomic E-state index is 10.8. The van der Waals surface area contributed by atoms with Crippen LogP contribution in [0, 0.1) is 0 Å². The third-order valence-electron chi connectivity index (χ3n) is 4.41. The summed E-state index contributed by atoms with van der Waals surface area (Å²) in [5.41, 5.74) is 10.7. The average molecular weight is 310 g/mol. The highest BCUT2D eigenvalue weighted by Crippen LogP contribution is 2.20. The van der Waals surface area contributed by atoms with Gasteiger partial charge in [-0.25, -0.2) is 0 Å². The second kappa shape index (κ2) is 6.94. The molecule has 0 spiro atoms. The van der Waals surface area contributed by atoms with E-state index in [4.69, 9.17) is 10.8 Å². The number of aliphatic carboxylic acids is 1. The molecule has 0 unspecified atom stereocenters. The fraction of sp³-hybridized carbons (Fsp3) is 0.316. The van der Waals surface area contributed by atoms with Crippen LogP contribution in [0.5, 0.6) is 0 Å². The second-order valence-corrected chi connectivity index (χ2v) is 6.19. The summed E-state index contributed by atoms with van der Waals surface area (Å²) in [4.78, 5) is 13.2. The van der Waals surface area contributed by atoms with Gasteiger partial charge in [0, 0.05) is 19.6 Å². The maximum Gasteiger partial charge on any atom is 0.320 e. The first-order chi connectivity index (χ1) is 11.1. The van der Waals surface area contributed by atoms with Gasteiger partial charge in [-0.15, -0.1) is 0 Å². The first kappa shape index (κ1) is 15.7. The number of benzene rings is 2. The van der Waals surface area contributed by atoms with Gasteiger partial charge in [-0.1, -0.05) is 48.5 Å².